The van der Waals surface area contributed by atoms with Gasteiger partial charge in [0.05, 0.1) is 0 Å². The van der Waals surface area contributed by atoms with E-state index in [1.165, 1.54) is 19.3 Å². The standard InChI is InChI=1S/C12H23O/c1-10(12(2,3)4)8-11-6-5-7-13-9-11/h11H,5-9H2,1-4H3. The highest BCUT2D eigenvalue weighted by atomic mass is 16.5. The Bertz CT molecular complexity index is 140. The van der Waals surface area contributed by atoms with Crippen LogP contribution in [-0.4, -0.2) is 13.2 Å². The zero-order chi connectivity index (χ0) is 9.90. The lowest BCUT2D eigenvalue weighted by Crippen LogP contribution is -2.23. The van der Waals surface area contributed by atoms with Gasteiger partial charge in [-0.05, 0) is 36.5 Å². The average Bonchev–Trinajstić information content (AvgIpc) is 2.04. The van der Waals surface area contributed by atoms with Gasteiger partial charge in [-0.2, -0.15) is 0 Å². The largest absolute Gasteiger partial charge is 0.381 e. The molecule has 0 aliphatic carbocycles. The maximum Gasteiger partial charge on any atom is 0.0494 e. The Balaban J connectivity index is 2.30. The maximum atomic E-state index is 5.48. The minimum absolute atomic E-state index is 0.372. The molecule has 1 fully saturated rings. The van der Waals surface area contributed by atoms with E-state index >= 15 is 0 Å². The second-order valence-electron chi connectivity index (χ2n) is 5.32. The van der Waals surface area contributed by atoms with Crippen molar-refractivity contribution in [2.24, 2.45) is 11.3 Å². The third-order valence-corrected chi connectivity index (χ3v) is 3.13. The molecule has 1 nitrogen and oxygen atoms in total. The molecule has 1 unspecified atom stereocenters. The van der Waals surface area contributed by atoms with Crippen LogP contribution in [0.25, 0.3) is 0 Å². The zero-order valence-corrected chi connectivity index (χ0v) is 9.52. The van der Waals surface area contributed by atoms with E-state index in [9.17, 15) is 0 Å². The highest BCUT2D eigenvalue weighted by Crippen LogP contribution is 2.34. The van der Waals surface area contributed by atoms with Gasteiger partial charge in [0.25, 0.3) is 0 Å². The van der Waals surface area contributed by atoms with Crippen LogP contribution in [0.5, 0.6) is 0 Å². The Hall–Kier alpha value is -0.0400. The van der Waals surface area contributed by atoms with Crippen molar-refractivity contribution in [1.82, 2.24) is 0 Å². The van der Waals surface area contributed by atoms with E-state index in [-0.39, 0.29) is 0 Å². The van der Waals surface area contributed by atoms with Crippen LogP contribution in [0.4, 0.5) is 0 Å². The fraction of sp³-hybridized carbons (Fsp3) is 0.917. The summed E-state index contributed by atoms with van der Waals surface area (Å²) in [6.45, 7) is 11.1. The highest BCUT2D eigenvalue weighted by Gasteiger charge is 2.25. The minimum Gasteiger partial charge on any atom is -0.381 e. The number of ether oxygens (including phenoxy) is 1. The maximum absolute atomic E-state index is 5.48. The summed E-state index contributed by atoms with van der Waals surface area (Å²) in [5, 5.41) is 0. The highest BCUT2D eigenvalue weighted by molar-refractivity contribution is 4.97. The molecule has 0 aromatic rings. The summed E-state index contributed by atoms with van der Waals surface area (Å²) < 4.78 is 5.48. The summed E-state index contributed by atoms with van der Waals surface area (Å²) in [5.41, 5.74) is 0.372. The Morgan fingerprint density at radius 2 is 2.08 bits per heavy atom. The average molecular weight is 183 g/mol. The SMILES string of the molecule is C[C](CC1CCCOC1)C(C)(C)C. The van der Waals surface area contributed by atoms with Gasteiger partial charge in [-0.1, -0.05) is 27.7 Å². The lowest BCUT2D eigenvalue weighted by Gasteiger charge is -2.31. The van der Waals surface area contributed by atoms with E-state index in [1.807, 2.05) is 0 Å². The van der Waals surface area contributed by atoms with E-state index in [0.717, 1.165) is 19.1 Å². The topological polar surface area (TPSA) is 9.23 Å². The predicted octanol–water partition coefficient (Wildman–Crippen LogP) is 3.44. The van der Waals surface area contributed by atoms with Gasteiger partial charge in [0.2, 0.25) is 0 Å². The first-order valence-corrected chi connectivity index (χ1v) is 5.41. The molecule has 1 radical (unpaired) electrons. The lowest BCUT2D eigenvalue weighted by atomic mass is 9.76. The number of hydrogen-bond donors (Lipinski definition) is 0. The Morgan fingerprint density at radius 3 is 2.54 bits per heavy atom. The third kappa shape index (κ3) is 3.68. The van der Waals surface area contributed by atoms with Crippen molar-refractivity contribution in [3.05, 3.63) is 5.92 Å². The van der Waals surface area contributed by atoms with Crippen molar-refractivity contribution in [3.63, 3.8) is 0 Å². The van der Waals surface area contributed by atoms with E-state index in [4.69, 9.17) is 4.74 Å². The summed E-state index contributed by atoms with van der Waals surface area (Å²) in [5.74, 6) is 2.40. The van der Waals surface area contributed by atoms with Crippen molar-refractivity contribution in [2.75, 3.05) is 13.2 Å². The molecule has 0 spiro atoms. The summed E-state index contributed by atoms with van der Waals surface area (Å²) >= 11 is 0. The van der Waals surface area contributed by atoms with Crippen LogP contribution in [0, 0.1) is 17.3 Å². The Morgan fingerprint density at radius 1 is 1.38 bits per heavy atom. The third-order valence-electron chi connectivity index (χ3n) is 3.13. The first-order valence-electron chi connectivity index (χ1n) is 5.41. The monoisotopic (exact) mass is 183 g/mol. The molecule has 13 heavy (non-hydrogen) atoms. The summed E-state index contributed by atoms with van der Waals surface area (Å²) in [4.78, 5) is 0. The lowest BCUT2D eigenvalue weighted by molar-refractivity contribution is 0.0506. The minimum atomic E-state index is 0.372. The quantitative estimate of drug-likeness (QED) is 0.637. The van der Waals surface area contributed by atoms with E-state index < -0.39 is 0 Å². The van der Waals surface area contributed by atoms with Crippen molar-refractivity contribution in [2.45, 2.75) is 47.0 Å². The molecular weight excluding hydrogens is 160 g/mol. The van der Waals surface area contributed by atoms with Gasteiger partial charge in [-0.25, -0.2) is 0 Å². The molecule has 0 saturated carbocycles. The second-order valence-corrected chi connectivity index (χ2v) is 5.32. The van der Waals surface area contributed by atoms with Gasteiger partial charge in [-0.3, -0.25) is 0 Å². The number of hydrogen-bond acceptors (Lipinski definition) is 1. The first kappa shape index (κ1) is 11.0. The van der Waals surface area contributed by atoms with Crippen LogP contribution < -0.4 is 0 Å². The molecule has 1 aliphatic heterocycles. The fourth-order valence-electron chi connectivity index (χ4n) is 1.71. The molecule has 0 bridgehead atoms. The van der Waals surface area contributed by atoms with Crippen molar-refractivity contribution in [3.8, 4) is 0 Å². The number of rotatable bonds is 2. The van der Waals surface area contributed by atoms with Crippen LogP contribution in [0.2, 0.25) is 0 Å². The zero-order valence-electron chi connectivity index (χ0n) is 9.52. The molecule has 0 aromatic carbocycles. The normalized spacial score (nSPS) is 25.2. The van der Waals surface area contributed by atoms with Crippen LogP contribution in [0.15, 0.2) is 0 Å². The second kappa shape index (κ2) is 4.45. The van der Waals surface area contributed by atoms with E-state index in [2.05, 4.69) is 27.7 Å². The van der Waals surface area contributed by atoms with Crippen molar-refractivity contribution in [1.29, 1.82) is 0 Å². The fourth-order valence-corrected chi connectivity index (χ4v) is 1.71. The molecule has 1 heteroatoms. The van der Waals surface area contributed by atoms with Gasteiger partial charge in [-0.15, -0.1) is 0 Å². The van der Waals surface area contributed by atoms with E-state index in [1.54, 1.807) is 5.92 Å². The van der Waals surface area contributed by atoms with Gasteiger partial charge >= 0.3 is 0 Å². The van der Waals surface area contributed by atoms with Crippen LogP contribution in [0.1, 0.15) is 47.0 Å². The molecule has 1 saturated heterocycles. The Kier molecular flexibility index (Phi) is 3.78. The van der Waals surface area contributed by atoms with Crippen molar-refractivity contribution < 1.29 is 4.74 Å². The summed E-state index contributed by atoms with van der Waals surface area (Å²) in [6.07, 6.45) is 3.86. The molecule has 0 amide bonds. The molecule has 0 N–H and O–H groups in total. The molecule has 0 aromatic heterocycles. The van der Waals surface area contributed by atoms with Gasteiger partial charge in [0.1, 0.15) is 0 Å². The van der Waals surface area contributed by atoms with Crippen LogP contribution in [-0.2, 0) is 4.74 Å². The molecule has 1 rings (SSSR count). The predicted molar refractivity (Wildman–Crippen MR) is 56.5 cm³/mol. The molecule has 77 valence electrons. The van der Waals surface area contributed by atoms with Gasteiger partial charge < -0.3 is 4.74 Å². The molecular formula is C12H23O. The van der Waals surface area contributed by atoms with Gasteiger partial charge in [0, 0.05) is 13.2 Å². The van der Waals surface area contributed by atoms with Crippen molar-refractivity contribution >= 4 is 0 Å². The first-order chi connectivity index (χ1) is 6.00. The van der Waals surface area contributed by atoms with Crippen LogP contribution >= 0.6 is 0 Å². The van der Waals surface area contributed by atoms with E-state index in [0.29, 0.717) is 5.41 Å². The summed E-state index contributed by atoms with van der Waals surface area (Å²) in [7, 11) is 0. The molecule has 1 aliphatic rings. The van der Waals surface area contributed by atoms with Gasteiger partial charge in [0.15, 0.2) is 0 Å². The smallest absolute Gasteiger partial charge is 0.0494 e. The molecule has 1 atom stereocenters. The Labute approximate surface area is 82.9 Å². The molecule has 1 heterocycles. The van der Waals surface area contributed by atoms with Crippen LogP contribution in [0.3, 0.4) is 0 Å². The summed E-state index contributed by atoms with van der Waals surface area (Å²) in [6, 6.07) is 0.